The highest BCUT2D eigenvalue weighted by atomic mass is 32.1. The predicted octanol–water partition coefficient (Wildman–Crippen LogP) is 1.72. The monoisotopic (exact) mass is 282 g/mol. The van der Waals surface area contributed by atoms with Gasteiger partial charge in [-0.3, -0.25) is 9.69 Å². The molecule has 4 nitrogen and oxygen atoms in total. The van der Waals surface area contributed by atoms with E-state index >= 15 is 0 Å². The number of carbonyl (C=O) groups excluding carboxylic acids is 1. The minimum atomic E-state index is -0.186. The third-order valence-electron chi connectivity index (χ3n) is 3.85. The van der Waals surface area contributed by atoms with Crippen molar-refractivity contribution in [3.05, 3.63) is 22.4 Å². The Morgan fingerprint density at radius 3 is 2.84 bits per heavy atom. The lowest BCUT2D eigenvalue weighted by molar-refractivity contribution is -0.133. The third-order valence-corrected chi connectivity index (χ3v) is 4.89. The van der Waals surface area contributed by atoms with Gasteiger partial charge in [0.1, 0.15) is 0 Å². The van der Waals surface area contributed by atoms with Gasteiger partial charge in [0.25, 0.3) is 0 Å². The molecule has 0 aliphatic carbocycles. The van der Waals surface area contributed by atoms with Gasteiger partial charge in [-0.1, -0.05) is 6.07 Å². The molecule has 1 aromatic rings. The maximum atomic E-state index is 12.3. The Hall–Kier alpha value is -0.910. The number of piperidine rings is 1. The summed E-state index contributed by atoms with van der Waals surface area (Å²) in [5.74, 6) is 0.150. The van der Waals surface area contributed by atoms with E-state index in [1.165, 1.54) is 4.88 Å². The van der Waals surface area contributed by atoms with Crippen molar-refractivity contribution >= 4 is 17.2 Å². The zero-order valence-electron chi connectivity index (χ0n) is 11.6. The maximum absolute atomic E-state index is 12.3. The van der Waals surface area contributed by atoms with Crippen molar-refractivity contribution in [2.75, 3.05) is 26.7 Å². The minimum absolute atomic E-state index is 0.128. The first-order valence-electron chi connectivity index (χ1n) is 6.77. The molecule has 1 N–H and O–H groups in total. The van der Waals surface area contributed by atoms with Gasteiger partial charge in [0.05, 0.1) is 18.7 Å². The second kappa shape index (κ2) is 6.50. The first-order valence-corrected chi connectivity index (χ1v) is 7.65. The fraction of sp³-hybridized carbons (Fsp3) is 0.643. The normalized spacial score (nSPS) is 19.3. The molecule has 1 aromatic heterocycles. The number of hydrogen-bond acceptors (Lipinski definition) is 4. The Bertz CT molecular complexity index is 400. The summed E-state index contributed by atoms with van der Waals surface area (Å²) in [5, 5.41) is 11.5. The first-order chi connectivity index (χ1) is 9.08. The van der Waals surface area contributed by atoms with E-state index in [-0.39, 0.29) is 18.1 Å². The molecule has 0 spiro atoms. The summed E-state index contributed by atoms with van der Waals surface area (Å²) >= 11 is 1.68. The van der Waals surface area contributed by atoms with Gasteiger partial charge in [0.2, 0.25) is 5.91 Å². The molecule has 1 aliphatic heterocycles. The Balaban J connectivity index is 1.85. The van der Waals surface area contributed by atoms with E-state index in [1.807, 2.05) is 23.4 Å². The fourth-order valence-electron chi connectivity index (χ4n) is 2.32. The van der Waals surface area contributed by atoms with Crippen molar-refractivity contribution in [1.29, 1.82) is 0 Å². The molecule has 5 heteroatoms. The van der Waals surface area contributed by atoms with E-state index in [1.54, 1.807) is 11.3 Å². The van der Waals surface area contributed by atoms with E-state index < -0.39 is 0 Å². The molecule has 1 unspecified atom stereocenters. The van der Waals surface area contributed by atoms with Gasteiger partial charge in [0.15, 0.2) is 0 Å². The number of amides is 1. The number of nitrogens with zero attached hydrogens (tertiary/aromatic N) is 2. The molecule has 1 atom stereocenters. The molecular formula is C14H22N2O2S. The molecule has 1 fully saturated rings. The number of likely N-dealkylation sites (tertiary alicyclic amines) is 1. The van der Waals surface area contributed by atoms with Gasteiger partial charge < -0.3 is 10.0 Å². The average molecular weight is 282 g/mol. The largest absolute Gasteiger partial charge is 0.393 e. The number of carbonyl (C=O) groups is 1. The van der Waals surface area contributed by atoms with Crippen LogP contribution in [-0.2, 0) is 4.79 Å². The number of likely N-dealkylation sites (N-methyl/N-ethyl adjacent to an activating group) is 1. The lowest BCUT2D eigenvalue weighted by Gasteiger charge is -2.31. The highest BCUT2D eigenvalue weighted by molar-refractivity contribution is 7.10. The van der Waals surface area contributed by atoms with Gasteiger partial charge in [-0.2, -0.15) is 0 Å². The molecule has 2 heterocycles. The van der Waals surface area contributed by atoms with Crippen LogP contribution in [0.1, 0.15) is 30.7 Å². The molecule has 0 saturated carbocycles. The van der Waals surface area contributed by atoms with Crippen molar-refractivity contribution in [2.45, 2.75) is 31.9 Å². The predicted molar refractivity (Wildman–Crippen MR) is 77.2 cm³/mol. The van der Waals surface area contributed by atoms with Crippen LogP contribution < -0.4 is 0 Å². The summed E-state index contributed by atoms with van der Waals surface area (Å²) < 4.78 is 0. The second-order valence-electron chi connectivity index (χ2n) is 5.20. The van der Waals surface area contributed by atoms with Crippen LogP contribution in [0.2, 0.25) is 0 Å². The number of thiophene rings is 1. The molecule has 2 rings (SSSR count). The van der Waals surface area contributed by atoms with E-state index in [4.69, 9.17) is 0 Å². The smallest absolute Gasteiger partial charge is 0.237 e. The van der Waals surface area contributed by atoms with Crippen LogP contribution in [0.25, 0.3) is 0 Å². The number of hydrogen-bond donors (Lipinski definition) is 1. The summed E-state index contributed by atoms with van der Waals surface area (Å²) in [6.45, 7) is 4.14. The maximum Gasteiger partial charge on any atom is 0.237 e. The lowest BCUT2D eigenvalue weighted by atomic mass is 10.1. The van der Waals surface area contributed by atoms with Crippen LogP contribution in [0.15, 0.2) is 17.5 Å². The summed E-state index contributed by atoms with van der Waals surface area (Å²) in [6.07, 6.45) is 1.36. The van der Waals surface area contributed by atoms with Crippen molar-refractivity contribution in [3.63, 3.8) is 0 Å². The van der Waals surface area contributed by atoms with Crippen LogP contribution in [0, 0.1) is 0 Å². The van der Waals surface area contributed by atoms with E-state index in [0.717, 1.165) is 25.9 Å². The standard InChI is InChI=1S/C14H22N2O2S/c1-11(13-4-3-9-19-13)15(2)14(18)10-16-7-5-12(17)6-8-16/h3-4,9,11-12,17H,5-8,10H2,1-2H3. The Morgan fingerprint density at radius 1 is 1.58 bits per heavy atom. The first kappa shape index (κ1) is 14.5. The molecule has 0 radical (unpaired) electrons. The highest BCUT2D eigenvalue weighted by Gasteiger charge is 2.23. The summed E-state index contributed by atoms with van der Waals surface area (Å²) in [4.78, 5) is 17.4. The summed E-state index contributed by atoms with van der Waals surface area (Å²) in [6, 6.07) is 4.21. The Kier molecular flexibility index (Phi) is 4.96. The van der Waals surface area contributed by atoms with Crippen molar-refractivity contribution < 1.29 is 9.90 Å². The third kappa shape index (κ3) is 3.78. The molecule has 19 heavy (non-hydrogen) atoms. The fourth-order valence-corrected chi connectivity index (χ4v) is 3.14. The van der Waals surface area contributed by atoms with Crippen LogP contribution >= 0.6 is 11.3 Å². The topological polar surface area (TPSA) is 43.8 Å². The number of aliphatic hydroxyl groups excluding tert-OH is 1. The molecule has 0 aromatic carbocycles. The molecule has 1 aliphatic rings. The van der Waals surface area contributed by atoms with Gasteiger partial charge in [-0.05, 0) is 31.2 Å². The van der Waals surface area contributed by atoms with Gasteiger partial charge in [-0.25, -0.2) is 0 Å². The Morgan fingerprint density at radius 2 is 2.26 bits per heavy atom. The van der Waals surface area contributed by atoms with Gasteiger partial charge >= 0.3 is 0 Å². The summed E-state index contributed by atoms with van der Waals surface area (Å²) in [5.41, 5.74) is 0. The molecule has 1 saturated heterocycles. The molecule has 106 valence electrons. The van der Waals surface area contributed by atoms with Crippen molar-refractivity contribution in [1.82, 2.24) is 9.80 Å². The van der Waals surface area contributed by atoms with Crippen LogP contribution in [0.4, 0.5) is 0 Å². The molecule has 1 amide bonds. The Labute approximate surface area is 118 Å². The van der Waals surface area contributed by atoms with E-state index in [0.29, 0.717) is 6.54 Å². The van der Waals surface area contributed by atoms with Gasteiger partial charge in [0, 0.05) is 25.0 Å². The van der Waals surface area contributed by atoms with Crippen LogP contribution in [-0.4, -0.2) is 53.6 Å². The molecular weight excluding hydrogens is 260 g/mol. The number of aliphatic hydroxyl groups is 1. The number of rotatable bonds is 4. The van der Waals surface area contributed by atoms with Crippen LogP contribution in [0.3, 0.4) is 0 Å². The van der Waals surface area contributed by atoms with Crippen molar-refractivity contribution in [3.8, 4) is 0 Å². The van der Waals surface area contributed by atoms with Crippen molar-refractivity contribution in [2.24, 2.45) is 0 Å². The zero-order chi connectivity index (χ0) is 13.8. The average Bonchev–Trinajstić information content (AvgIpc) is 2.93. The zero-order valence-corrected chi connectivity index (χ0v) is 12.4. The van der Waals surface area contributed by atoms with Gasteiger partial charge in [-0.15, -0.1) is 11.3 Å². The summed E-state index contributed by atoms with van der Waals surface area (Å²) in [7, 11) is 1.87. The lowest BCUT2D eigenvalue weighted by Crippen LogP contribution is -2.43. The SMILES string of the molecule is CC(c1cccs1)N(C)C(=O)CN1CCC(O)CC1. The minimum Gasteiger partial charge on any atom is -0.393 e. The van der Waals surface area contributed by atoms with E-state index in [9.17, 15) is 9.90 Å². The highest BCUT2D eigenvalue weighted by Crippen LogP contribution is 2.23. The molecule has 0 bridgehead atoms. The second-order valence-corrected chi connectivity index (χ2v) is 6.18. The van der Waals surface area contributed by atoms with E-state index in [2.05, 4.69) is 17.9 Å². The quantitative estimate of drug-likeness (QED) is 0.914. The van der Waals surface area contributed by atoms with Crippen LogP contribution in [0.5, 0.6) is 0 Å².